The minimum Gasteiger partial charge on any atom is -0.303 e. The van der Waals surface area contributed by atoms with Crippen LogP contribution in [0.2, 0.25) is 0 Å². The number of fused-ring (bicyclic) bond motifs is 1. The molecule has 0 atom stereocenters. The molecular weight excluding hydrogens is 358 g/mol. The highest BCUT2D eigenvalue weighted by molar-refractivity contribution is 6.03. The molecule has 0 bridgehead atoms. The number of nitrogens with zero attached hydrogens (tertiary/aromatic N) is 1. The Hall–Kier alpha value is -2.52. The van der Waals surface area contributed by atoms with Gasteiger partial charge in [-0.1, -0.05) is 42.5 Å². The number of Topliss-reactive ketones (excluding diaryl/α,β-unsaturated/α-hetero) is 2. The Bertz CT molecular complexity index is 908. The Kier molecular flexibility index (Phi) is 6.36. The molecule has 0 radical (unpaired) electrons. The van der Waals surface area contributed by atoms with Crippen LogP contribution in [0.25, 0.3) is 6.08 Å². The van der Waals surface area contributed by atoms with Crippen molar-refractivity contribution in [3.63, 3.8) is 0 Å². The van der Waals surface area contributed by atoms with E-state index in [2.05, 4.69) is 4.90 Å². The molecule has 1 fully saturated rings. The van der Waals surface area contributed by atoms with Crippen molar-refractivity contribution in [2.45, 2.75) is 44.9 Å². The van der Waals surface area contributed by atoms with Gasteiger partial charge in [0, 0.05) is 30.4 Å². The predicted octanol–water partition coefficient (Wildman–Crippen LogP) is 4.89. The van der Waals surface area contributed by atoms with Gasteiger partial charge in [0.1, 0.15) is 0 Å². The molecule has 0 aromatic heterocycles. The lowest BCUT2D eigenvalue weighted by Crippen LogP contribution is -2.20. The smallest absolute Gasteiger partial charge is 0.163 e. The number of carbonyl (C=O) groups excluding carboxylic acids is 2. The number of hydrogen-bond acceptors (Lipinski definition) is 3. The van der Waals surface area contributed by atoms with Crippen molar-refractivity contribution in [3.8, 4) is 0 Å². The van der Waals surface area contributed by atoms with Crippen LogP contribution in [-0.4, -0.2) is 36.1 Å². The molecule has 2 aromatic rings. The Morgan fingerprint density at radius 2 is 1.72 bits per heavy atom. The van der Waals surface area contributed by atoms with Gasteiger partial charge >= 0.3 is 0 Å². The highest BCUT2D eigenvalue weighted by Gasteiger charge is 2.21. The maximum absolute atomic E-state index is 12.6. The van der Waals surface area contributed by atoms with Crippen LogP contribution in [-0.2, 0) is 17.6 Å². The first-order valence-corrected chi connectivity index (χ1v) is 10.9. The van der Waals surface area contributed by atoms with Crippen LogP contribution in [0.4, 0.5) is 0 Å². The second kappa shape index (κ2) is 9.32. The molecule has 0 spiro atoms. The number of allylic oxidation sites excluding steroid dienone is 1. The van der Waals surface area contributed by atoms with E-state index in [4.69, 9.17) is 0 Å². The minimum absolute atomic E-state index is 0.163. The molecule has 3 heteroatoms. The van der Waals surface area contributed by atoms with Gasteiger partial charge in [0.05, 0.1) is 0 Å². The van der Waals surface area contributed by atoms with Crippen LogP contribution in [0.15, 0.2) is 54.1 Å². The molecular formula is C26H29NO2. The van der Waals surface area contributed by atoms with Gasteiger partial charge in [-0.15, -0.1) is 0 Å². The highest BCUT2D eigenvalue weighted by Crippen LogP contribution is 2.26. The molecule has 2 aromatic carbocycles. The first-order chi connectivity index (χ1) is 14.2. The van der Waals surface area contributed by atoms with Crippen molar-refractivity contribution >= 4 is 17.6 Å². The van der Waals surface area contributed by atoms with Gasteiger partial charge in [-0.2, -0.15) is 0 Å². The molecule has 1 heterocycles. The Morgan fingerprint density at radius 1 is 0.931 bits per heavy atom. The average Bonchev–Trinajstić information content (AvgIpc) is 3.25. The zero-order valence-corrected chi connectivity index (χ0v) is 17.0. The van der Waals surface area contributed by atoms with E-state index < -0.39 is 0 Å². The van der Waals surface area contributed by atoms with E-state index in [1.165, 1.54) is 25.9 Å². The van der Waals surface area contributed by atoms with E-state index in [9.17, 15) is 9.59 Å². The summed E-state index contributed by atoms with van der Waals surface area (Å²) in [5.74, 6) is 0.365. The van der Waals surface area contributed by atoms with Gasteiger partial charge in [0.25, 0.3) is 0 Å². The minimum atomic E-state index is 0.163. The summed E-state index contributed by atoms with van der Waals surface area (Å²) >= 11 is 0. The Balaban J connectivity index is 1.36. The normalized spacial score (nSPS) is 18.2. The monoisotopic (exact) mass is 387 g/mol. The molecule has 4 rings (SSSR count). The van der Waals surface area contributed by atoms with Crippen LogP contribution >= 0.6 is 0 Å². The molecule has 150 valence electrons. The molecule has 0 amide bonds. The third-order valence-corrected chi connectivity index (χ3v) is 6.09. The van der Waals surface area contributed by atoms with Crippen molar-refractivity contribution in [1.82, 2.24) is 4.90 Å². The number of carbonyl (C=O) groups is 2. The van der Waals surface area contributed by atoms with E-state index >= 15 is 0 Å². The third kappa shape index (κ3) is 5.10. The Labute approximate surface area is 173 Å². The molecule has 3 nitrogen and oxygen atoms in total. The van der Waals surface area contributed by atoms with Gasteiger partial charge < -0.3 is 4.90 Å². The molecule has 1 saturated heterocycles. The molecule has 0 saturated carbocycles. The molecule has 0 unspecified atom stereocenters. The number of unbranched alkanes of at least 4 members (excludes halogenated alkanes) is 1. The zero-order valence-electron chi connectivity index (χ0n) is 17.0. The second-order valence-electron chi connectivity index (χ2n) is 8.27. The van der Waals surface area contributed by atoms with Crippen molar-refractivity contribution in [3.05, 3.63) is 76.4 Å². The topological polar surface area (TPSA) is 37.4 Å². The maximum Gasteiger partial charge on any atom is 0.163 e. The quantitative estimate of drug-likeness (QED) is 0.386. The van der Waals surface area contributed by atoms with Crippen LogP contribution in [0.1, 0.15) is 59.2 Å². The van der Waals surface area contributed by atoms with Crippen LogP contribution in [0.5, 0.6) is 0 Å². The second-order valence-corrected chi connectivity index (χ2v) is 8.27. The van der Waals surface area contributed by atoms with Gasteiger partial charge in [-0.25, -0.2) is 0 Å². The van der Waals surface area contributed by atoms with Crippen molar-refractivity contribution in [2.24, 2.45) is 0 Å². The zero-order chi connectivity index (χ0) is 20.1. The molecule has 1 aliphatic carbocycles. The molecule has 2 aliphatic rings. The molecule has 0 N–H and O–H groups in total. The van der Waals surface area contributed by atoms with Gasteiger partial charge in [0.15, 0.2) is 11.6 Å². The standard InChI is InChI=1S/C26H29NO2/c28-25(10-4-5-13-27-14-6-7-15-27)22-12-11-21-17-24(26(29)19-23(21)18-22)16-20-8-2-1-3-9-20/h1-3,8-9,11-12,16,18H,4-7,10,13-15,17,19H2/b24-16+. The summed E-state index contributed by atoms with van der Waals surface area (Å²) in [7, 11) is 0. The van der Waals surface area contributed by atoms with Gasteiger partial charge in [0.2, 0.25) is 0 Å². The predicted molar refractivity (Wildman–Crippen MR) is 117 cm³/mol. The van der Waals surface area contributed by atoms with E-state index in [1.807, 2.05) is 54.6 Å². The summed E-state index contributed by atoms with van der Waals surface area (Å²) in [5.41, 5.74) is 4.85. The largest absolute Gasteiger partial charge is 0.303 e. The summed E-state index contributed by atoms with van der Waals surface area (Å²) < 4.78 is 0. The van der Waals surface area contributed by atoms with Crippen LogP contribution in [0.3, 0.4) is 0 Å². The van der Waals surface area contributed by atoms with Crippen LogP contribution in [0, 0.1) is 0 Å². The highest BCUT2D eigenvalue weighted by atomic mass is 16.1. The number of benzene rings is 2. The maximum atomic E-state index is 12.6. The van der Waals surface area contributed by atoms with Gasteiger partial charge in [-0.05, 0) is 74.2 Å². The number of hydrogen-bond donors (Lipinski definition) is 0. The van der Waals surface area contributed by atoms with E-state index in [-0.39, 0.29) is 11.6 Å². The SMILES string of the molecule is O=C1Cc2cc(C(=O)CCCCN3CCCC3)ccc2C/C1=C\c1ccccc1. The summed E-state index contributed by atoms with van der Waals surface area (Å²) in [6, 6.07) is 15.9. The number of likely N-dealkylation sites (tertiary alicyclic amines) is 1. The fourth-order valence-electron chi connectivity index (χ4n) is 4.38. The first-order valence-electron chi connectivity index (χ1n) is 10.9. The lowest BCUT2D eigenvalue weighted by molar-refractivity contribution is -0.115. The fourth-order valence-corrected chi connectivity index (χ4v) is 4.38. The van der Waals surface area contributed by atoms with Crippen molar-refractivity contribution < 1.29 is 9.59 Å². The third-order valence-electron chi connectivity index (χ3n) is 6.09. The summed E-state index contributed by atoms with van der Waals surface area (Å²) in [4.78, 5) is 27.7. The summed E-state index contributed by atoms with van der Waals surface area (Å²) in [6.45, 7) is 3.55. The van der Waals surface area contributed by atoms with E-state index in [1.54, 1.807) is 0 Å². The summed E-state index contributed by atoms with van der Waals surface area (Å²) in [5, 5.41) is 0. The number of rotatable bonds is 7. The average molecular weight is 388 g/mol. The van der Waals surface area contributed by atoms with E-state index in [0.29, 0.717) is 19.3 Å². The first kappa shape index (κ1) is 19.8. The van der Waals surface area contributed by atoms with Gasteiger partial charge in [-0.3, -0.25) is 9.59 Å². The Morgan fingerprint density at radius 3 is 2.52 bits per heavy atom. The van der Waals surface area contributed by atoms with Crippen LogP contribution < -0.4 is 0 Å². The summed E-state index contributed by atoms with van der Waals surface area (Å²) in [6.07, 6.45) is 8.28. The lowest BCUT2D eigenvalue weighted by Gasteiger charge is -2.19. The van der Waals surface area contributed by atoms with E-state index in [0.717, 1.165) is 47.2 Å². The van der Waals surface area contributed by atoms with Crippen molar-refractivity contribution in [1.29, 1.82) is 0 Å². The molecule has 1 aliphatic heterocycles. The fraction of sp³-hybridized carbons (Fsp3) is 0.385. The van der Waals surface area contributed by atoms with Crippen molar-refractivity contribution in [2.75, 3.05) is 19.6 Å². The number of ketones is 2. The lowest BCUT2D eigenvalue weighted by atomic mass is 9.84. The molecule has 29 heavy (non-hydrogen) atoms.